The molecule has 1 aromatic carbocycles. The van der Waals surface area contributed by atoms with Crippen LogP contribution in [0.3, 0.4) is 0 Å². The van der Waals surface area contributed by atoms with Crippen LogP contribution >= 0.6 is 0 Å². The minimum atomic E-state index is -0.536. The smallest absolute Gasteiger partial charge is 0.134 e. The topological polar surface area (TPSA) is 73.8 Å². The minimum absolute atomic E-state index is 0.352. The Morgan fingerprint density at radius 2 is 1.86 bits per heavy atom. The summed E-state index contributed by atoms with van der Waals surface area (Å²) in [7, 11) is 0. The molecule has 0 spiro atoms. The van der Waals surface area contributed by atoms with Crippen LogP contribution in [0.25, 0.3) is 11.0 Å². The molecule has 3 saturated carbocycles. The van der Waals surface area contributed by atoms with E-state index < -0.39 is 18.3 Å². The number of hydrogen-bond donors (Lipinski definition) is 3. The van der Waals surface area contributed by atoms with E-state index in [0.717, 1.165) is 36.1 Å². The average molecular weight is 493 g/mol. The van der Waals surface area contributed by atoms with Gasteiger partial charge in [-0.15, -0.1) is 0 Å². The Hall–Kier alpha value is -1.88. The van der Waals surface area contributed by atoms with Gasteiger partial charge in [0.2, 0.25) is 0 Å². The highest BCUT2D eigenvalue weighted by Crippen LogP contribution is 2.60. The van der Waals surface area contributed by atoms with Crippen molar-refractivity contribution in [1.82, 2.24) is 0 Å². The maximum Gasteiger partial charge on any atom is 0.134 e. The molecule has 4 heteroatoms. The molecule has 0 amide bonds. The summed E-state index contributed by atoms with van der Waals surface area (Å²) in [4.78, 5) is 0. The number of aliphatic hydroxyl groups excluding tert-OH is 3. The Bertz CT molecular complexity index is 1050. The van der Waals surface area contributed by atoms with Gasteiger partial charge in [0, 0.05) is 5.39 Å². The standard InChI is InChI=1S/C32H44O4/c1-21(7-5-10-29(35)31-19-24-8-3-4-11-30(24)36-31)27-14-15-28-23(9-6-16-32(27,28)2)13-12-22-17-25(33)20-26(34)18-22/h3-4,8,11-13,19,21,25-29,33-35H,5-7,9-10,14-18,20H2,1-2H3/b23-13+/t21-,25-,26-,27-,28+,29+,32-/m1/s1. The van der Waals surface area contributed by atoms with Crippen LogP contribution < -0.4 is 0 Å². The highest BCUT2D eigenvalue weighted by molar-refractivity contribution is 5.77. The lowest BCUT2D eigenvalue weighted by Crippen LogP contribution is -2.36. The zero-order valence-electron chi connectivity index (χ0n) is 22.0. The number of fused-ring (bicyclic) bond motifs is 2. The van der Waals surface area contributed by atoms with Crippen LogP contribution in [0.15, 0.2) is 58.0 Å². The Kier molecular flexibility index (Phi) is 7.76. The summed E-state index contributed by atoms with van der Waals surface area (Å²) in [6.07, 6.45) is 14.3. The van der Waals surface area contributed by atoms with Crippen LogP contribution in [-0.2, 0) is 0 Å². The molecule has 196 valence electrons. The third-order valence-electron chi connectivity index (χ3n) is 9.71. The molecule has 3 aliphatic rings. The Balaban J connectivity index is 1.18. The largest absolute Gasteiger partial charge is 0.458 e. The first-order valence-corrected chi connectivity index (χ1v) is 14.2. The zero-order chi connectivity index (χ0) is 25.3. The third kappa shape index (κ3) is 5.37. The van der Waals surface area contributed by atoms with Crippen molar-refractivity contribution < 1.29 is 19.7 Å². The molecule has 0 unspecified atom stereocenters. The van der Waals surface area contributed by atoms with E-state index in [-0.39, 0.29) is 0 Å². The molecule has 3 N–H and O–H groups in total. The number of aliphatic hydroxyl groups is 3. The van der Waals surface area contributed by atoms with E-state index in [1.54, 1.807) is 5.57 Å². The molecule has 3 fully saturated rings. The lowest BCUT2D eigenvalue weighted by Gasteiger charge is -2.44. The number of rotatable bonds is 7. The summed E-state index contributed by atoms with van der Waals surface area (Å²) in [6.45, 7) is 4.96. The molecule has 1 heterocycles. The molecule has 5 rings (SSSR count). The second-order valence-electron chi connectivity index (χ2n) is 12.2. The molecule has 0 saturated heterocycles. The van der Waals surface area contributed by atoms with Crippen molar-refractivity contribution in [2.75, 3.05) is 0 Å². The fourth-order valence-electron chi connectivity index (χ4n) is 7.89. The lowest BCUT2D eigenvalue weighted by atomic mass is 9.60. The first-order chi connectivity index (χ1) is 17.3. The number of allylic oxidation sites excluding steroid dienone is 3. The molecule has 36 heavy (non-hydrogen) atoms. The fourth-order valence-corrected chi connectivity index (χ4v) is 7.89. The maximum absolute atomic E-state index is 10.7. The van der Waals surface area contributed by atoms with E-state index in [0.29, 0.717) is 42.3 Å². The second-order valence-corrected chi connectivity index (χ2v) is 12.2. The lowest BCUT2D eigenvalue weighted by molar-refractivity contribution is 0.0609. The first-order valence-electron chi connectivity index (χ1n) is 14.2. The average Bonchev–Trinajstić information content (AvgIpc) is 3.43. The van der Waals surface area contributed by atoms with E-state index in [1.165, 1.54) is 37.7 Å². The third-order valence-corrected chi connectivity index (χ3v) is 9.71. The van der Waals surface area contributed by atoms with Gasteiger partial charge in [0.05, 0.1) is 12.2 Å². The van der Waals surface area contributed by atoms with Crippen molar-refractivity contribution in [3.05, 3.63) is 59.4 Å². The number of hydrogen-bond acceptors (Lipinski definition) is 4. The summed E-state index contributed by atoms with van der Waals surface area (Å²) in [5.74, 6) is 2.70. The van der Waals surface area contributed by atoms with Crippen molar-refractivity contribution in [1.29, 1.82) is 0 Å². The second kappa shape index (κ2) is 10.8. The van der Waals surface area contributed by atoms with Crippen LogP contribution in [0.5, 0.6) is 0 Å². The van der Waals surface area contributed by atoms with E-state index in [4.69, 9.17) is 4.42 Å². The summed E-state index contributed by atoms with van der Waals surface area (Å²) >= 11 is 0. The molecule has 0 aliphatic heterocycles. The van der Waals surface area contributed by atoms with Crippen LogP contribution in [0.2, 0.25) is 0 Å². The van der Waals surface area contributed by atoms with Crippen molar-refractivity contribution in [3.63, 3.8) is 0 Å². The van der Waals surface area contributed by atoms with Gasteiger partial charge < -0.3 is 19.7 Å². The van der Waals surface area contributed by atoms with Crippen LogP contribution in [0.4, 0.5) is 0 Å². The summed E-state index contributed by atoms with van der Waals surface area (Å²) in [5.41, 5.74) is 3.97. The number of furan rings is 1. The fraction of sp³-hybridized carbons (Fsp3) is 0.625. The molecule has 2 aromatic rings. The van der Waals surface area contributed by atoms with Gasteiger partial charge >= 0.3 is 0 Å². The van der Waals surface area contributed by atoms with E-state index in [2.05, 4.69) is 26.0 Å². The Morgan fingerprint density at radius 3 is 2.64 bits per heavy atom. The highest BCUT2D eigenvalue weighted by atomic mass is 16.4. The SMILES string of the molecule is C[C@H](CCC[C@H](O)c1cc2ccccc2o1)[C@H]1CC[C@H]2/C(=C/C=C3C[C@@H](O)C[C@H](O)C3)CCC[C@]12C. The molecular formula is C32H44O4. The highest BCUT2D eigenvalue weighted by Gasteiger charge is 2.50. The number of para-hydroxylation sites is 1. The maximum atomic E-state index is 10.7. The van der Waals surface area contributed by atoms with Crippen molar-refractivity contribution in [2.24, 2.45) is 23.2 Å². The monoisotopic (exact) mass is 492 g/mol. The summed E-state index contributed by atoms with van der Waals surface area (Å²) in [6, 6.07) is 9.92. The van der Waals surface area contributed by atoms with Gasteiger partial charge in [0.15, 0.2) is 0 Å². The van der Waals surface area contributed by atoms with Crippen molar-refractivity contribution in [3.8, 4) is 0 Å². The van der Waals surface area contributed by atoms with Gasteiger partial charge in [0.25, 0.3) is 0 Å². The quantitative estimate of drug-likeness (QED) is 0.381. The van der Waals surface area contributed by atoms with Gasteiger partial charge in [0.1, 0.15) is 17.4 Å². The minimum Gasteiger partial charge on any atom is -0.458 e. The molecule has 0 radical (unpaired) electrons. The molecule has 0 bridgehead atoms. The Morgan fingerprint density at radius 1 is 1.08 bits per heavy atom. The molecule has 1 aromatic heterocycles. The van der Waals surface area contributed by atoms with E-state index in [1.807, 2.05) is 30.3 Å². The first kappa shape index (κ1) is 25.8. The molecular weight excluding hydrogens is 448 g/mol. The van der Waals surface area contributed by atoms with Gasteiger partial charge in [-0.05, 0) is 93.1 Å². The number of benzene rings is 1. The summed E-state index contributed by atoms with van der Waals surface area (Å²) < 4.78 is 5.88. The van der Waals surface area contributed by atoms with Crippen molar-refractivity contribution >= 4 is 11.0 Å². The van der Waals surface area contributed by atoms with Gasteiger partial charge in [-0.1, -0.05) is 68.2 Å². The Labute approximate surface area is 216 Å². The van der Waals surface area contributed by atoms with Crippen LogP contribution in [-0.4, -0.2) is 27.5 Å². The van der Waals surface area contributed by atoms with Crippen LogP contribution in [0, 0.1) is 23.2 Å². The van der Waals surface area contributed by atoms with Gasteiger partial charge in [-0.25, -0.2) is 0 Å². The normalized spacial score (nSPS) is 33.6. The zero-order valence-corrected chi connectivity index (χ0v) is 22.0. The predicted molar refractivity (Wildman–Crippen MR) is 144 cm³/mol. The van der Waals surface area contributed by atoms with E-state index >= 15 is 0 Å². The molecule has 3 aliphatic carbocycles. The summed E-state index contributed by atoms with van der Waals surface area (Å²) in [5, 5.41) is 31.9. The van der Waals surface area contributed by atoms with Gasteiger partial charge in [-0.3, -0.25) is 0 Å². The predicted octanol–water partition coefficient (Wildman–Crippen LogP) is 7.25. The molecule has 7 atom stereocenters. The van der Waals surface area contributed by atoms with Crippen LogP contribution in [0.1, 0.15) is 96.3 Å². The van der Waals surface area contributed by atoms with Crippen molar-refractivity contribution in [2.45, 2.75) is 103 Å². The molecule has 4 nitrogen and oxygen atoms in total. The van der Waals surface area contributed by atoms with E-state index in [9.17, 15) is 15.3 Å². The van der Waals surface area contributed by atoms with Gasteiger partial charge in [-0.2, -0.15) is 0 Å².